The fourth-order valence-corrected chi connectivity index (χ4v) is 4.88. The Kier molecular flexibility index (Phi) is 4.44. The minimum atomic E-state index is -5.14. The van der Waals surface area contributed by atoms with Crippen LogP contribution in [0.4, 0.5) is 13.2 Å². The average molecular weight is 441 g/mol. The Morgan fingerprint density at radius 3 is 2.50 bits per heavy atom. The van der Waals surface area contributed by atoms with Gasteiger partial charge in [0.15, 0.2) is 11.2 Å². The molecule has 0 fully saturated rings. The number of pyridine rings is 1. The highest BCUT2D eigenvalue weighted by Gasteiger charge is 2.72. The Labute approximate surface area is 175 Å². The number of rotatable bonds is 2. The number of benzene rings is 1. The third kappa shape index (κ3) is 2.60. The lowest BCUT2D eigenvalue weighted by Gasteiger charge is -2.53. The van der Waals surface area contributed by atoms with Gasteiger partial charge in [-0.05, 0) is 30.0 Å². The van der Waals surface area contributed by atoms with Crippen LogP contribution in [0.5, 0.6) is 5.75 Å². The molecule has 3 N–H and O–H groups in total. The summed E-state index contributed by atoms with van der Waals surface area (Å²) in [4.78, 5) is 6.79. The molecule has 1 aliphatic rings. The maximum atomic E-state index is 14.4. The maximum Gasteiger partial charge on any atom is 0.420 e. The van der Waals surface area contributed by atoms with Gasteiger partial charge in [-0.2, -0.15) is 13.2 Å². The van der Waals surface area contributed by atoms with Crippen LogP contribution in [0.2, 0.25) is 5.02 Å². The van der Waals surface area contributed by atoms with E-state index >= 15 is 0 Å². The second-order valence-electron chi connectivity index (χ2n) is 8.28. The average Bonchev–Trinajstić information content (AvgIpc) is 3.09. The van der Waals surface area contributed by atoms with Gasteiger partial charge in [-0.1, -0.05) is 31.5 Å². The number of aromatic nitrogens is 2. The van der Waals surface area contributed by atoms with Gasteiger partial charge in [0.1, 0.15) is 5.75 Å². The molecule has 0 saturated carbocycles. The molecule has 0 bridgehead atoms. The number of nitrogens with zero attached hydrogens (tertiary/aromatic N) is 1. The van der Waals surface area contributed by atoms with Gasteiger partial charge in [0.25, 0.3) is 0 Å². The number of nitrogens with one attached hydrogen (secondary N) is 1. The number of halogens is 4. The third-order valence-corrected chi connectivity index (χ3v) is 6.25. The van der Waals surface area contributed by atoms with Gasteiger partial charge >= 0.3 is 6.18 Å². The van der Waals surface area contributed by atoms with Crippen LogP contribution in [0.1, 0.15) is 37.1 Å². The van der Waals surface area contributed by atoms with Crippen LogP contribution < -0.4 is 4.74 Å². The number of fused-ring (bicyclic) bond motifs is 2. The first-order valence-electron chi connectivity index (χ1n) is 9.19. The summed E-state index contributed by atoms with van der Waals surface area (Å²) >= 11 is 6.25. The molecule has 2 aromatic heterocycles. The molecule has 2 unspecified atom stereocenters. The summed E-state index contributed by atoms with van der Waals surface area (Å²) in [6.07, 6.45) is -3.01. The first-order chi connectivity index (χ1) is 13.9. The highest BCUT2D eigenvalue weighted by atomic mass is 35.5. The van der Waals surface area contributed by atoms with Gasteiger partial charge in [-0.25, -0.2) is 0 Å². The quantitative estimate of drug-likeness (QED) is 0.550. The van der Waals surface area contributed by atoms with Gasteiger partial charge in [0, 0.05) is 34.4 Å². The summed E-state index contributed by atoms with van der Waals surface area (Å²) in [6.45, 7) is 3.10. The fraction of sp³-hybridized carbons (Fsp3) is 0.381. The van der Waals surface area contributed by atoms with Crippen LogP contribution in [0, 0.1) is 0 Å². The van der Waals surface area contributed by atoms with Crippen molar-refractivity contribution in [3.8, 4) is 5.75 Å². The van der Waals surface area contributed by atoms with E-state index in [9.17, 15) is 23.4 Å². The zero-order chi connectivity index (χ0) is 22.1. The monoisotopic (exact) mass is 440 g/mol. The molecule has 160 valence electrons. The molecular formula is C21H20ClF3N2O3. The van der Waals surface area contributed by atoms with Gasteiger partial charge < -0.3 is 19.9 Å². The minimum Gasteiger partial charge on any atom is -0.495 e. The molecular weight excluding hydrogens is 421 g/mol. The normalized spacial score (nSPS) is 25.9. The van der Waals surface area contributed by atoms with E-state index in [0.29, 0.717) is 16.5 Å². The highest BCUT2D eigenvalue weighted by molar-refractivity contribution is 6.32. The minimum absolute atomic E-state index is 0.126. The van der Waals surface area contributed by atoms with Crippen molar-refractivity contribution in [2.24, 2.45) is 0 Å². The summed E-state index contributed by atoms with van der Waals surface area (Å²) in [6, 6.07) is 5.60. The lowest BCUT2D eigenvalue weighted by Crippen LogP contribution is -2.66. The van der Waals surface area contributed by atoms with Crippen molar-refractivity contribution in [3.63, 3.8) is 0 Å². The molecule has 30 heavy (non-hydrogen) atoms. The van der Waals surface area contributed by atoms with E-state index in [1.54, 1.807) is 19.9 Å². The molecule has 4 rings (SSSR count). The predicted octanol–water partition coefficient (Wildman–Crippen LogP) is 4.44. The molecule has 0 amide bonds. The SMILES string of the molecule is COc1c(Cl)ccc2c1C(C)(C)CC(O)(C(F)(F)F)C2(O)c1cc2cnccc2[nH]1. The van der Waals surface area contributed by atoms with E-state index < -0.39 is 29.2 Å². The summed E-state index contributed by atoms with van der Waals surface area (Å²) < 4.78 is 48.5. The van der Waals surface area contributed by atoms with Crippen LogP contribution in [0.15, 0.2) is 36.7 Å². The number of hydrogen-bond donors (Lipinski definition) is 3. The number of aliphatic hydroxyl groups is 2. The molecule has 2 atom stereocenters. The second-order valence-corrected chi connectivity index (χ2v) is 8.69. The van der Waals surface area contributed by atoms with Crippen molar-refractivity contribution >= 4 is 22.5 Å². The Bertz CT molecular complexity index is 1110. The molecule has 0 saturated heterocycles. The lowest BCUT2D eigenvalue weighted by molar-refractivity contribution is -0.324. The zero-order valence-electron chi connectivity index (χ0n) is 16.4. The Balaban J connectivity index is 2.15. The third-order valence-electron chi connectivity index (χ3n) is 5.96. The van der Waals surface area contributed by atoms with E-state index in [2.05, 4.69) is 9.97 Å². The van der Waals surface area contributed by atoms with Crippen molar-refractivity contribution in [3.05, 3.63) is 58.5 Å². The van der Waals surface area contributed by atoms with E-state index in [1.165, 1.54) is 37.7 Å². The lowest BCUT2D eigenvalue weighted by atomic mass is 9.57. The molecule has 1 aromatic carbocycles. The Hall–Kier alpha value is -2.29. The van der Waals surface area contributed by atoms with Gasteiger partial charge in [0.2, 0.25) is 0 Å². The molecule has 1 aliphatic carbocycles. The van der Waals surface area contributed by atoms with Gasteiger partial charge in [-0.3, -0.25) is 4.98 Å². The van der Waals surface area contributed by atoms with Crippen LogP contribution >= 0.6 is 11.6 Å². The largest absolute Gasteiger partial charge is 0.495 e. The first-order valence-corrected chi connectivity index (χ1v) is 9.57. The molecule has 2 heterocycles. The number of hydrogen-bond acceptors (Lipinski definition) is 4. The molecule has 0 radical (unpaired) electrons. The molecule has 0 spiro atoms. The topological polar surface area (TPSA) is 78.4 Å². The Morgan fingerprint density at radius 1 is 1.20 bits per heavy atom. The number of ether oxygens (including phenoxy) is 1. The highest BCUT2D eigenvalue weighted by Crippen LogP contribution is 2.60. The summed E-state index contributed by atoms with van der Waals surface area (Å²) in [5.41, 5.74) is -7.08. The number of H-pyrrole nitrogens is 1. The molecule has 5 nitrogen and oxygen atoms in total. The van der Waals surface area contributed by atoms with E-state index in [0.717, 1.165) is 0 Å². The fourth-order valence-electron chi connectivity index (χ4n) is 4.65. The van der Waals surface area contributed by atoms with Crippen LogP contribution in [-0.2, 0) is 11.0 Å². The van der Waals surface area contributed by atoms with Crippen molar-refractivity contribution < 1.29 is 28.1 Å². The van der Waals surface area contributed by atoms with Crippen LogP contribution in [-0.4, -0.2) is 39.1 Å². The van der Waals surface area contributed by atoms with Crippen LogP contribution in [0.3, 0.4) is 0 Å². The molecule has 0 aliphatic heterocycles. The van der Waals surface area contributed by atoms with Crippen molar-refractivity contribution in [2.45, 2.75) is 43.1 Å². The summed E-state index contributed by atoms with van der Waals surface area (Å²) in [7, 11) is 1.36. The molecule has 3 aromatic rings. The Morgan fingerprint density at radius 2 is 1.90 bits per heavy atom. The van der Waals surface area contributed by atoms with Crippen molar-refractivity contribution in [2.75, 3.05) is 7.11 Å². The van der Waals surface area contributed by atoms with E-state index in [1.807, 2.05) is 0 Å². The van der Waals surface area contributed by atoms with Crippen molar-refractivity contribution in [1.29, 1.82) is 0 Å². The zero-order valence-corrected chi connectivity index (χ0v) is 17.2. The number of methoxy groups -OCH3 is 1. The summed E-state index contributed by atoms with van der Waals surface area (Å²) in [5.74, 6) is 0.166. The second kappa shape index (κ2) is 6.35. The molecule has 9 heteroatoms. The smallest absolute Gasteiger partial charge is 0.420 e. The van der Waals surface area contributed by atoms with Crippen LogP contribution in [0.25, 0.3) is 10.9 Å². The standard InChI is InChI=1S/C21H20ClF3N2O3/c1-18(2)10-19(28,21(23,24)25)20(29,12-4-5-13(22)17(30-3)16(12)18)15-8-11-9-26-7-6-14(11)27-15/h4-9,27-29H,10H2,1-3H3. The summed E-state index contributed by atoms with van der Waals surface area (Å²) in [5, 5.41) is 23.6. The number of alkyl halides is 3. The maximum absolute atomic E-state index is 14.4. The van der Waals surface area contributed by atoms with E-state index in [-0.39, 0.29) is 22.0 Å². The van der Waals surface area contributed by atoms with Gasteiger partial charge in [0.05, 0.1) is 17.8 Å². The first kappa shape index (κ1) is 21.0. The predicted molar refractivity (Wildman–Crippen MR) is 106 cm³/mol. The van der Waals surface area contributed by atoms with Crippen molar-refractivity contribution in [1.82, 2.24) is 9.97 Å². The number of aromatic amines is 1. The van der Waals surface area contributed by atoms with E-state index in [4.69, 9.17) is 16.3 Å². The van der Waals surface area contributed by atoms with Gasteiger partial charge in [-0.15, -0.1) is 0 Å².